The third-order valence-corrected chi connectivity index (χ3v) is 14.0. The summed E-state index contributed by atoms with van der Waals surface area (Å²) in [5, 5.41) is 17.1. The molecule has 56 heavy (non-hydrogen) atoms. The molecule has 10 rings (SSSR count). The Morgan fingerprint density at radius 2 is 0.929 bits per heavy atom. The van der Waals surface area contributed by atoms with Gasteiger partial charge in [-0.15, -0.1) is 19.6 Å². The molecule has 4 aromatic rings. The molecule has 3 saturated carbocycles. The van der Waals surface area contributed by atoms with Gasteiger partial charge in [0, 0.05) is 36.6 Å². The number of hydrogen-bond donors (Lipinski definition) is 0. The zero-order chi connectivity index (χ0) is 37.1. The third kappa shape index (κ3) is 10.6. The van der Waals surface area contributed by atoms with E-state index in [1.807, 2.05) is 0 Å². The van der Waals surface area contributed by atoms with E-state index in [9.17, 15) is 0 Å². The molecule has 3 saturated heterocycles. The smallest absolute Gasteiger partial charge is 0.0541 e. The molecule has 0 bridgehead atoms. The van der Waals surface area contributed by atoms with E-state index in [2.05, 4.69) is 96.6 Å². The molecule has 1 aromatic heterocycles. The topological polar surface area (TPSA) is 47.2 Å². The van der Waals surface area contributed by atoms with Crippen molar-refractivity contribution in [1.29, 1.82) is 0 Å². The number of piperidine rings is 3. The molecule has 3 aliphatic heterocycles. The zero-order valence-electron chi connectivity index (χ0n) is 34.1. The van der Waals surface area contributed by atoms with Crippen LogP contribution in [0.5, 0.6) is 0 Å². The second-order valence-electron chi connectivity index (χ2n) is 17.6. The number of aromatic nitrogens is 1. The van der Waals surface area contributed by atoms with E-state index in [4.69, 9.17) is 16.0 Å². The normalized spacial score (nSPS) is 29.9. The summed E-state index contributed by atoms with van der Waals surface area (Å²) < 4.78 is 2.41. The fourth-order valence-corrected chi connectivity index (χ4v) is 11.0. The first-order valence-corrected chi connectivity index (χ1v) is 22.9. The largest absolute Gasteiger partial charge is 0.661 e. The molecule has 0 spiro atoms. The number of nitrogens with zero attached hydrogens (tertiary/aromatic N) is 4. The van der Waals surface area contributed by atoms with Crippen LogP contribution < -0.4 is 0 Å². The van der Waals surface area contributed by atoms with Gasteiger partial charge in [-0.3, -0.25) is 0 Å². The van der Waals surface area contributed by atoms with Gasteiger partial charge in [-0.2, -0.15) is 55.1 Å². The second-order valence-corrected chi connectivity index (χ2v) is 17.6. The van der Waals surface area contributed by atoms with Crippen LogP contribution in [0.3, 0.4) is 0 Å². The van der Waals surface area contributed by atoms with Gasteiger partial charge < -0.3 is 39.8 Å². The van der Waals surface area contributed by atoms with Crippen LogP contribution in [0, 0.1) is 37.0 Å². The van der Waals surface area contributed by atoms with Crippen molar-refractivity contribution in [2.45, 2.75) is 152 Å². The number of rotatable bonds is 5. The van der Waals surface area contributed by atoms with E-state index in [0.717, 1.165) is 31.5 Å². The monoisotopic (exact) mass is 930 g/mol. The molecule has 4 nitrogen and oxygen atoms in total. The van der Waals surface area contributed by atoms with E-state index >= 15 is 0 Å². The van der Waals surface area contributed by atoms with Gasteiger partial charge in [-0.25, -0.2) is 0 Å². The molecule has 1 radical (unpaired) electrons. The number of para-hydroxylation sites is 2. The van der Waals surface area contributed by atoms with Gasteiger partial charge in [0.2, 0.25) is 0 Å². The molecular formula is C51H68IrN4-6. The van der Waals surface area contributed by atoms with Crippen molar-refractivity contribution in [3.05, 3.63) is 114 Å². The molecule has 3 aromatic carbocycles. The average molecular weight is 929 g/mol. The van der Waals surface area contributed by atoms with Crippen molar-refractivity contribution in [3.8, 4) is 5.69 Å². The van der Waals surface area contributed by atoms with Crippen molar-refractivity contribution in [2.75, 3.05) is 19.6 Å². The zero-order valence-corrected chi connectivity index (χ0v) is 36.5. The molecule has 3 aliphatic carbocycles. The first kappa shape index (κ1) is 42.1. The summed E-state index contributed by atoms with van der Waals surface area (Å²) >= 11 is 0. The maximum Gasteiger partial charge on any atom is 0.0541 e. The van der Waals surface area contributed by atoms with Gasteiger partial charge in [0.25, 0.3) is 0 Å². The van der Waals surface area contributed by atoms with Gasteiger partial charge in [0.1, 0.15) is 0 Å². The molecule has 307 valence electrons. The summed E-state index contributed by atoms with van der Waals surface area (Å²) in [6.45, 7) is 3.33. The molecule has 7 atom stereocenters. The van der Waals surface area contributed by atoms with Crippen LogP contribution in [0.1, 0.15) is 140 Å². The van der Waals surface area contributed by atoms with E-state index < -0.39 is 0 Å². The van der Waals surface area contributed by atoms with E-state index in [-0.39, 0.29) is 20.1 Å². The Labute approximate surface area is 353 Å². The predicted molar refractivity (Wildman–Crippen MR) is 235 cm³/mol. The molecule has 4 heterocycles. The molecule has 6 aliphatic rings. The van der Waals surface area contributed by atoms with Crippen molar-refractivity contribution in [3.63, 3.8) is 0 Å². The van der Waals surface area contributed by atoms with Crippen LogP contribution in [-0.2, 0) is 20.1 Å². The summed E-state index contributed by atoms with van der Waals surface area (Å²) in [6, 6.07) is 28.9. The molecule has 6 fully saturated rings. The fraction of sp³-hybridized carbons (Fsp3) is 0.588. The average Bonchev–Trinajstić information content (AvgIpc) is 3.63. The molecule has 0 amide bonds. The van der Waals surface area contributed by atoms with Crippen LogP contribution >= 0.6 is 0 Å². The number of hydrogen-bond acceptors (Lipinski definition) is 0. The standard InChI is InChI=1S/C29H30N2.2C11H19N.Ir/c1-2-10-24(27-13-7-8-20-30-27)23(9-1)21-16-18-22(19-17-21)31-28-14-5-3-11-25(28)26-12-4-6-15-29(26)31;2*1-2-6-10(7-3-1)11-8-4-5-9-12-11;/h3-6,10-12,14-19,23-24,27H,1-2,7-9,13,20H2;2*6,10-11H,1-5,7-9H2;/q3*-2;. The Bertz CT molecular complexity index is 1580. The first-order chi connectivity index (χ1) is 27.3. The Kier molecular flexibility index (Phi) is 16.4. The van der Waals surface area contributed by atoms with E-state index in [1.165, 1.54) is 161 Å². The molecule has 5 heteroatoms. The molecule has 7 unspecified atom stereocenters. The van der Waals surface area contributed by atoms with E-state index in [0.29, 0.717) is 30.0 Å². The number of fused-ring (bicyclic) bond motifs is 3. The fourth-order valence-electron chi connectivity index (χ4n) is 11.0. The van der Waals surface area contributed by atoms with Gasteiger partial charge in [0.15, 0.2) is 0 Å². The van der Waals surface area contributed by atoms with Gasteiger partial charge in [-0.1, -0.05) is 158 Å². The Balaban J connectivity index is 0.000000157. The van der Waals surface area contributed by atoms with Gasteiger partial charge in [0.05, 0.1) is 11.0 Å². The Hall–Kier alpha value is -2.01. The van der Waals surface area contributed by atoms with Crippen LogP contribution in [0.4, 0.5) is 0 Å². The molecular weight excluding hydrogens is 861 g/mol. The van der Waals surface area contributed by atoms with Gasteiger partial charge >= 0.3 is 0 Å². The van der Waals surface area contributed by atoms with E-state index in [1.54, 1.807) is 0 Å². The first-order valence-electron chi connectivity index (χ1n) is 22.9. The van der Waals surface area contributed by atoms with Crippen LogP contribution in [0.2, 0.25) is 0 Å². The third-order valence-electron chi connectivity index (χ3n) is 14.0. The maximum atomic E-state index is 5.02. The van der Waals surface area contributed by atoms with Crippen LogP contribution in [0.25, 0.3) is 43.4 Å². The van der Waals surface area contributed by atoms with Crippen LogP contribution in [0.15, 0.2) is 72.8 Å². The number of benzene rings is 3. The SMILES string of the molecule is [CH-]1CCCCC1C1CCCC[N-]1.[CH-]1CCCCC1C1CCCC[N-]1.[Ir].c1ccc2c(c1)c1ccccc1n2-c1ccc(C2CCC[CH-]C2C2CCCC[N-]2)cc1. The Morgan fingerprint density at radius 3 is 1.41 bits per heavy atom. The maximum absolute atomic E-state index is 5.02. The minimum absolute atomic E-state index is 0. The van der Waals surface area contributed by atoms with Crippen molar-refractivity contribution >= 4 is 21.8 Å². The Morgan fingerprint density at radius 1 is 0.446 bits per heavy atom. The second kappa shape index (κ2) is 21.8. The quantitative estimate of drug-likeness (QED) is 0.179. The summed E-state index contributed by atoms with van der Waals surface area (Å²) in [5.41, 5.74) is 5.30. The van der Waals surface area contributed by atoms with Crippen molar-refractivity contribution < 1.29 is 20.1 Å². The summed E-state index contributed by atoms with van der Waals surface area (Å²) in [7, 11) is 0. The summed E-state index contributed by atoms with van der Waals surface area (Å²) in [6.07, 6.45) is 34.9. The summed E-state index contributed by atoms with van der Waals surface area (Å²) in [4.78, 5) is 0. The van der Waals surface area contributed by atoms with Crippen molar-refractivity contribution in [1.82, 2.24) is 4.57 Å². The minimum atomic E-state index is 0. The van der Waals surface area contributed by atoms with Crippen molar-refractivity contribution in [2.24, 2.45) is 17.8 Å². The van der Waals surface area contributed by atoms with Gasteiger partial charge in [-0.05, 0) is 35.7 Å². The molecule has 0 N–H and O–H groups in total. The minimum Gasteiger partial charge on any atom is -0.661 e. The van der Waals surface area contributed by atoms with Crippen LogP contribution in [-0.4, -0.2) is 42.3 Å². The summed E-state index contributed by atoms with van der Waals surface area (Å²) in [5.74, 6) is 2.93. The predicted octanol–water partition coefficient (Wildman–Crippen LogP) is 14.4.